The van der Waals surface area contributed by atoms with Crippen molar-refractivity contribution in [2.75, 3.05) is 7.11 Å². The van der Waals surface area contributed by atoms with E-state index in [0.717, 1.165) is 11.5 Å². The molecular weight excluding hydrogens is 334 g/mol. The fourth-order valence-electron chi connectivity index (χ4n) is 1.84. The van der Waals surface area contributed by atoms with Crippen molar-refractivity contribution in [3.05, 3.63) is 75.7 Å². The van der Waals surface area contributed by atoms with Crippen molar-refractivity contribution in [3.8, 4) is 5.75 Å². The molecule has 0 aromatic heterocycles. The lowest BCUT2D eigenvalue weighted by atomic mass is 10.1. The van der Waals surface area contributed by atoms with Crippen LogP contribution in [0.25, 0.3) is 0 Å². The third-order valence-electron chi connectivity index (χ3n) is 3.15. The number of hydrogen-bond donors (Lipinski definition) is 0. The fraction of sp³-hybridized carbons (Fsp3) is 0.0625. The van der Waals surface area contributed by atoms with E-state index >= 15 is 0 Å². The van der Waals surface area contributed by atoms with E-state index in [1.54, 1.807) is 0 Å². The summed E-state index contributed by atoms with van der Waals surface area (Å²) in [6.45, 7) is 0. The molecule has 0 saturated carbocycles. The first-order chi connectivity index (χ1) is 11.3. The summed E-state index contributed by atoms with van der Waals surface area (Å²) in [5.74, 6) is -0.0538. The maximum Gasteiger partial charge on any atom is 0.269 e. The molecular formula is C16H13NO6S. The highest BCUT2D eigenvalue weighted by atomic mass is 32.2. The molecule has 24 heavy (non-hydrogen) atoms. The van der Waals surface area contributed by atoms with Crippen molar-refractivity contribution in [2.45, 2.75) is 4.90 Å². The van der Waals surface area contributed by atoms with Gasteiger partial charge in [0.05, 0.1) is 16.9 Å². The van der Waals surface area contributed by atoms with Crippen LogP contribution in [0.4, 0.5) is 5.69 Å². The van der Waals surface area contributed by atoms with Gasteiger partial charge in [-0.3, -0.25) is 14.9 Å². The van der Waals surface area contributed by atoms with Gasteiger partial charge in [0, 0.05) is 23.1 Å². The highest BCUT2D eigenvalue weighted by molar-refractivity contribution is 7.94. The van der Waals surface area contributed by atoms with E-state index in [1.807, 2.05) is 0 Å². The number of rotatable bonds is 6. The van der Waals surface area contributed by atoms with Crippen molar-refractivity contribution in [2.24, 2.45) is 0 Å². The lowest BCUT2D eigenvalue weighted by Gasteiger charge is -2.02. The average Bonchev–Trinajstić information content (AvgIpc) is 2.60. The third-order valence-corrected chi connectivity index (χ3v) is 4.57. The average molecular weight is 347 g/mol. The predicted octanol–water partition coefficient (Wildman–Crippen LogP) is 2.77. The Labute approximate surface area is 138 Å². The summed E-state index contributed by atoms with van der Waals surface area (Å²) in [6, 6.07) is 10.6. The van der Waals surface area contributed by atoms with Crippen LogP contribution in [0.15, 0.2) is 64.9 Å². The fourth-order valence-corrected chi connectivity index (χ4v) is 2.81. The Bertz CT molecular complexity index is 883. The molecule has 124 valence electrons. The number of ketones is 1. The zero-order valence-electron chi connectivity index (χ0n) is 12.6. The van der Waals surface area contributed by atoms with E-state index in [4.69, 9.17) is 4.74 Å². The van der Waals surface area contributed by atoms with Crippen LogP contribution < -0.4 is 4.74 Å². The second-order valence-corrected chi connectivity index (χ2v) is 6.53. The Balaban J connectivity index is 2.18. The molecule has 0 unspecified atom stereocenters. The van der Waals surface area contributed by atoms with Crippen molar-refractivity contribution in [1.29, 1.82) is 0 Å². The number of carbonyl (C=O) groups is 1. The normalized spacial score (nSPS) is 11.4. The van der Waals surface area contributed by atoms with Gasteiger partial charge in [0.15, 0.2) is 15.6 Å². The number of ether oxygens (including phenoxy) is 1. The van der Waals surface area contributed by atoms with Crippen LogP contribution in [-0.2, 0) is 9.84 Å². The van der Waals surface area contributed by atoms with Gasteiger partial charge < -0.3 is 4.74 Å². The Morgan fingerprint density at radius 2 is 1.67 bits per heavy atom. The van der Waals surface area contributed by atoms with Crippen LogP contribution >= 0.6 is 0 Å². The van der Waals surface area contributed by atoms with Gasteiger partial charge >= 0.3 is 0 Å². The first-order valence-corrected chi connectivity index (χ1v) is 8.24. The minimum absolute atomic E-state index is 0.0241. The molecule has 0 aliphatic heterocycles. The number of allylic oxidation sites excluding steroid dienone is 1. The Hall–Kier alpha value is -3.00. The summed E-state index contributed by atoms with van der Waals surface area (Å²) in [4.78, 5) is 22.0. The monoisotopic (exact) mass is 347 g/mol. The number of nitro groups is 1. The Morgan fingerprint density at radius 3 is 2.17 bits per heavy atom. The van der Waals surface area contributed by atoms with Gasteiger partial charge in [-0.15, -0.1) is 0 Å². The second-order valence-electron chi connectivity index (χ2n) is 4.69. The van der Waals surface area contributed by atoms with Gasteiger partial charge in [-0.1, -0.05) is 0 Å². The molecule has 8 heteroatoms. The zero-order valence-corrected chi connectivity index (χ0v) is 13.4. The summed E-state index contributed by atoms with van der Waals surface area (Å²) in [7, 11) is -2.31. The third kappa shape index (κ3) is 4.05. The highest BCUT2D eigenvalue weighted by Crippen LogP contribution is 2.18. The SMILES string of the molecule is COc1ccc(S(=O)(=O)/C=C/C(=O)c2ccc([N+](=O)[O-])cc2)cc1. The van der Waals surface area contributed by atoms with Gasteiger partial charge in [-0.2, -0.15) is 0 Å². The lowest BCUT2D eigenvalue weighted by Crippen LogP contribution is -2.00. The molecule has 0 amide bonds. The van der Waals surface area contributed by atoms with Gasteiger partial charge in [0.25, 0.3) is 5.69 Å². The van der Waals surface area contributed by atoms with Gasteiger partial charge in [-0.25, -0.2) is 8.42 Å². The van der Waals surface area contributed by atoms with Crippen LogP contribution in [0.3, 0.4) is 0 Å². The Kier molecular flexibility index (Phi) is 5.10. The van der Waals surface area contributed by atoms with Gasteiger partial charge in [0.1, 0.15) is 5.75 Å². The molecule has 0 spiro atoms. The van der Waals surface area contributed by atoms with Gasteiger partial charge in [-0.05, 0) is 42.5 Å². The topological polar surface area (TPSA) is 104 Å². The minimum Gasteiger partial charge on any atom is -0.497 e. The molecule has 0 heterocycles. The van der Waals surface area contributed by atoms with E-state index in [2.05, 4.69) is 0 Å². The first-order valence-electron chi connectivity index (χ1n) is 6.69. The molecule has 0 bridgehead atoms. The number of sulfone groups is 1. The number of non-ortho nitro benzene ring substituents is 1. The van der Waals surface area contributed by atoms with Crippen LogP contribution in [-0.4, -0.2) is 26.2 Å². The van der Waals surface area contributed by atoms with E-state index < -0.39 is 20.5 Å². The largest absolute Gasteiger partial charge is 0.497 e. The molecule has 0 saturated heterocycles. The number of nitrogens with zero attached hydrogens (tertiary/aromatic N) is 1. The molecule has 0 aliphatic carbocycles. The smallest absolute Gasteiger partial charge is 0.269 e. The number of carbonyl (C=O) groups excluding carboxylic acids is 1. The summed E-state index contributed by atoms with van der Waals surface area (Å²) in [5, 5.41) is 11.4. The first kappa shape index (κ1) is 17.4. The number of methoxy groups -OCH3 is 1. The maximum absolute atomic E-state index is 12.1. The quantitative estimate of drug-likeness (QED) is 0.344. The van der Waals surface area contributed by atoms with Crippen LogP contribution in [0.1, 0.15) is 10.4 Å². The zero-order chi connectivity index (χ0) is 17.7. The van der Waals surface area contributed by atoms with E-state index in [-0.39, 0.29) is 16.1 Å². The van der Waals surface area contributed by atoms with Crippen molar-refractivity contribution >= 4 is 21.3 Å². The van der Waals surface area contributed by atoms with E-state index in [9.17, 15) is 23.3 Å². The summed E-state index contributed by atoms with van der Waals surface area (Å²) in [6.07, 6.45) is 0.917. The molecule has 0 fully saturated rings. The van der Waals surface area contributed by atoms with Crippen LogP contribution in [0, 0.1) is 10.1 Å². The van der Waals surface area contributed by atoms with Crippen molar-refractivity contribution in [3.63, 3.8) is 0 Å². The Morgan fingerprint density at radius 1 is 1.08 bits per heavy atom. The molecule has 0 N–H and O–H groups in total. The van der Waals surface area contributed by atoms with E-state index in [1.165, 1.54) is 55.6 Å². The molecule has 7 nitrogen and oxygen atoms in total. The van der Waals surface area contributed by atoms with Crippen LogP contribution in [0.5, 0.6) is 5.75 Å². The van der Waals surface area contributed by atoms with Crippen molar-refractivity contribution < 1.29 is 22.9 Å². The highest BCUT2D eigenvalue weighted by Gasteiger charge is 2.12. The van der Waals surface area contributed by atoms with Gasteiger partial charge in [0.2, 0.25) is 0 Å². The number of hydrogen-bond acceptors (Lipinski definition) is 6. The molecule has 0 atom stereocenters. The standard InChI is InChI=1S/C16H13NO6S/c1-23-14-6-8-15(9-7-14)24(21,22)11-10-16(18)12-2-4-13(5-3-12)17(19)20/h2-11H,1H3/b11-10+. The van der Waals surface area contributed by atoms with Crippen molar-refractivity contribution in [1.82, 2.24) is 0 Å². The molecule has 2 rings (SSSR count). The molecule has 2 aromatic rings. The molecule has 0 radical (unpaired) electrons. The lowest BCUT2D eigenvalue weighted by molar-refractivity contribution is -0.384. The van der Waals surface area contributed by atoms with E-state index in [0.29, 0.717) is 5.75 Å². The number of benzene rings is 2. The molecule has 2 aromatic carbocycles. The number of nitro benzene ring substituents is 1. The molecule has 0 aliphatic rings. The maximum atomic E-state index is 12.1. The summed E-state index contributed by atoms with van der Waals surface area (Å²) < 4.78 is 29.2. The minimum atomic E-state index is -3.78. The second kappa shape index (κ2) is 7.05. The summed E-state index contributed by atoms with van der Waals surface area (Å²) in [5.41, 5.74) is 0.00293. The van der Waals surface area contributed by atoms with Crippen LogP contribution in [0.2, 0.25) is 0 Å². The predicted molar refractivity (Wildman–Crippen MR) is 86.7 cm³/mol. The summed E-state index contributed by atoms with van der Waals surface area (Å²) >= 11 is 0.